The van der Waals surface area contributed by atoms with Gasteiger partial charge in [0.15, 0.2) is 0 Å². The molecule has 0 N–H and O–H groups in total. The van der Waals surface area contributed by atoms with Crippen LogP contribution in [0, 0.1) is 0 Å². The molecule has 0 aromatic heterocycles. The quantitative estimate of drug-likeness (QED) is 0.147. The maximum absolute atomic E-state index is 2.40. The van der Waals surface area contributed by atoms with Crippen LogP contribution >= 0.6 is 0 Å². The molecule has 0 unspecified atom stereocenters. The van der Waals surface area contributed by atoms with Crippen molar-refractivity contribution in [2.24, 2.45) is 0 Å². The van der Waals surface area contributed by atoms with Gasteiger partial charge in [0.1, 0.15) is 0 Å². The average Bonchev–Trinajstić information content (AvgIpc) is 3.32. The molecule has 11 aromatic rings. The van der Waals surface area contributed by atoms with Crippen LogP contribution in [0.4, 0.5) is 17.1 Å². The zero-order valence-corrected chi connectivity index (χ0v) is 32.5. The van der Waals surface area contributed by atoms with E-state index in [1.54, 1.807) is 0 Å². The lowest BCUT2D eigenvalue weighted by atomic mass is 9.84. The van der Waals surface area contributed by atoms with Gasteiger partial charge < -0.3 is 4.90 Å². The Morgan fingerprint density at radius 1 is 0.220 bits per heavy atom. The first-order valence-electron chi connectivity index (χ1n) is 20.3. The maximum atomic E-state index is 2.40. The molecule has 59 heavy (non-hydrogen) atoms. The second-order valence-electron chi connectivity index (χ2n) is 15.3. The van der Waals surface area contributed by atoms with E-state index in [0.29, 0.717) is 0 Å². The molecule has 0 aliphatic carbocycles. The van der Waals surface area contributed by atoms with Gasteiger partial charge in [-0.15, -0.1) is 0 Å². The lowest BCUT2D eigenvalue weighted by Gasteiger charge is -2.26. The van der Waals surface area contributed by atoms with Crippen molar-refractivity contribution in [3.05, 3.63) is 237 Å². The maximum Gasteiger partial charge on any atom is 0.0468 e. The van der Waals surface area contributed by atoms with E-state index in [2.05, 4.69) is 241 Å². The number of benzene rings is 11. The highest BCUT2D eigenvalue weighted by atomic mass is 15.1. The van der Waals surface area contributed by atoms with Gasteiger partial charge in [-0.2, -0.15) is 0 Å². The highest BCUT2D eigenvalue weighted by Crippen LogP contribution is 2.46. The monoisotopic (exact) mass is 749 g/mol. The average molecular weight is 750 g/mol. The van der Waals surface area contributed by atoms with Gasteiger partial charge >= 0.3 is 0 Å². The van der Waals surface area contributed by atoms with Crippen LogP contribution in [0.25, 0.3) is 87.6 Å². The molecule has 0 spiro atoms. The number of hydrogen-bond acceptors (Lipinski definition) is 1. The Bertz CT molecular complexity index is 3290. The van der Waals surface area contributed by atoms with Crippen LogP contribution in [0.3, 0.4) is 0 Å². The highest BCUT2D eigenvalue weighted by Gasteiger charge is 2.19. The summed E-state index contributed by atoms with van der Waals surface area (Å²) < 4.78 is 0. The molecule has 1 heteroatoms. The molecular formula is C58H39N. The van der Waals surface area contributed by atoms with Crippen molar-refractivity contribution in [2.75, 3.05) is 4.90 Å². The Kier molecular flexibility index (Phi) is 8.56. The van der Waals surface area contributed by atoms with Crippen LogP contribution in [0.5, 0.6) is 0 Å². The van der Waals surface area contributed by atoms with Crippen molar-refractivity contribution in [3.8, 4) is 44.5 Å². The summed E-state index contributed by atoms with van der Waals surface area (Å²) in [5.74, 6) is 0. The molecule has 0 amide bonds. The van der Waals surface area contributed by atoms with Gasteiger partial charge in [0.25, 0.3) is 0 Å². The Labute approximate surface area is 344 Å². The first-order chi connectivity index (χ1) is 29.3. The smallest absolute Gasteiger partial charge is 0.0468 e. The standard InChI is InChI=1S/C58H39N/c1-3-16-44(17-4-1)57-55-24-12-11-23-53(55)54-37-31-47(39-56(54)58(57)45-18-5-2-6-19-45)41-26-32-48(33-27-41)59(50-36-28-40-14-7-8-20-46(40)38-50)49-34-29-43(30-35-49)52-25-13-21-42-15-9-10-22-51(42)52/h1-39H. The van der Waals surface area contributed by atoms with E-state index in [9.17, 15) is 0 Å². The Morgan fingerprint density at radius 3 is 1.41 bits per heavy atom. The molecule has 0 atom stereocenters. The van der Waals surface area contributed by atoms with Crippen molar-refractivity contribution in [1.29, 1.82) is 0 Å². The Morgan fingerprint density at radius 2 is 0.712 bits per heavy atom. The van der Waals surface area contributed by atoms with Gasteiger partial charge in [0.2, 0.25) is 0 Å². The largest absolute Gasteiger partial charge is 0.310 e. The summed E-state index contributed by atoms with van der Waals surface area (Å²) in [5.41, 5.74) is 13.1. The molecule has 0 radical (unpaired) electrons. The normalized spacial score (nSPS) is 11.4. The predicted molar refractivity (Wildman–Crippen MR) is 253 cm³/mol. The molecule has 11 aromatic carbocycles. The third-order valence-electron chi connectivity index (χ3n) is 11.8. The minimum Gasteiger partial charge on any atom is -0.310 e. The Balaban J connectivity index is 1.04. The number of hydrogen-bond donors (Lipinski definition) is 0. The van der Waals surface area contributed by atoms with E-state index < -0.39 is 0 Å². The van der Waals surface area contributed by atoms with E-state index in [4.69, 9.17) is 0 Å². The topological polar surface area (TPSA) is 3.24 Å². The SMILES string of the molecule is c1ccc(-c2c(-c3ccccc3)c3cc(-c4ccc(N(c5ccc(-c6cccc7ccccc67)cc5)c5ccc6ccccc6c5)cc4)ccc3c3ccccc23)cc1. The van der Waals surface area contributed by atoms with E-state index in [-0.39, 0.29) is 0 Å². The van der Waals surface area contributed by atoms with Crippen molar-refractivity contribution < 1.29 is 0 Å². The summed E-state index contributed by atoms with van der Waals surface area (Å²) in [5, 5.41) is 9.99. The third-order valence-corrected chi connectivity index (χ3v) is 11.8. The zero-order valence-electron chi connectivity index (χ0n) is 32.5. The summed E-state index contributed by atoms with van der Waals surface area (Å²) >= 11 is 0. The van der Waals surface area contributed by atoms with Gasteiger partial charge in [-0.3, -0.25) is 0 Å². The summed E-state index contributed by atoms with van der Waals surface area (Å²) in [7, 11) is 0. The molecular weight excluding hydrogens is 711 g/mol. The molecule has 0 fully saturated rings. The van der Waals surface area contributed by atoms with Crippen molar-refractivity contribution in [3.63, 3.8) is 0 Å². The number of fused-ring (bicyclic) bond motifs is 5. The minimum atomic E-state index is 1.10. The fourth-order valence-electron chi connectivity index (χ4n) is 9.01. The second kappa shape index (κ2) is 14.6. The first kappa shape index (κ1) is 34.5. The van der Waals surface area contributed by atoms with Gasteiger partial charge in [0.05, 0.1) is 0 Å². The number of nitrogens with zero attached hydrogens (tertiary/aromatic N) is 1. The minimum absolute atomic E-state index is 1.10. The molecule has 0 saturated heterocycles. The lowest BCUT2D eigenvalue weighted by Crippen LogP contribution is -2.09. The highest BCUT2D eigenvalue weighted by molar-refractivity contribution is 6.22. The summed E-state index contributed by atoms with van der Waals surface area (Å²) in [6, 6.07) is 86.2. The first-order valence-corrected chi connectivity index (χ1v) is 20.3. The van der Waals surface area contributed by atoms with Gasteiger partial charge in [-0.25, -0.2) is 0 Å². The summed E-state index contributed by atoms with van der Waals surface area (Å²) in [6.07, 6.45) is 0. The molecule has 0 saturated carbocycles. The molecule has 0 aliphatic heterocycles. The second-order valence-corrected chi connectivity index (χ2v) is 15.3. The molecule has 0 bridgehead atoms. The summed E-state index contributed by atoms with van der Waals surface area (Å²) in [4.78, 5) is 2.37. The third kappa shape index (κ3) is 6.21. The van der Waals surface area contributed by atoms with E-state index in [1.165, 1.54) is 87.6 Å². The summed E-state index contributed by atoms with van der Waals surface area (Å²) in [6.45, 7) is 0. The molecule has 0 heterocycles. The van der Waals surface area contributed by atoms with Crippen molar-refractivity contribution in [1.82, 2.24) is 0 Å². The zero-order chi connectivity index (χ0) is 39.1. The number of rotatable bonds is 7. The van der Waals surface area contributed by atoms with Crippen LogP contribution in [-0.4, -0.2) is 0 Å². The van der Waals surface area contributed by atoms with Gasteiger partial charge in [0, 0.05) is 17.1 Å². The van der Waals surface area contributed by atoms with Crippen LogP contribution in [-0.2, 0) is 0 Å². The molecule has 0 aliphatic rings. The van der Waals surface area contributed by atoms with Gasteiger partial charge in [-0.1, -0.05) is 194 Å². The van der Waals surface area contributed by atoms with E-state index in [0.717, 1.165) is 17.1 Å². The van der Waals surface area contributed by atoms with Crippen molar-refractivity contribution >= 4 is 60.2 Å². The number of anilines is 3. The van der Waals surface area contributed by atoms with Crippen LogP contribution < -0.4 is 4.90 Å². The van der Waals surface area contributed by atoms with Gasteiger partial charge in [-0.05, 0) is 130 Å². The van der Waals surface area contributed by atoms with Crippen LogP contribution in [0.1, 0.15) is 0 Å². The molecule has 1 nitrogen and oxygen atoms in total. The Hall–Kier alpha value is -7.74. The molecule has 11 rings (SSSR count). The lowest BCUT2D eigenvalue weighted by molar-refractivity contribution is 1.29. The van der Waals surface area contributed by atoms with Crippen LogP contribution in [0.15, 0.2) is 237 Å². The fourth-order valence-corrected chi connectivity index (χ4v) is 9.01. The fraction of sp³-hybridized carbons (Fsp3) is 0. The van der Waals surface area contributed by atoms with Crippen LogP contribution in [0.2, 0.25) is 0 Å². The predicted octanol–water partition coefficient (Wildman–Crippen LogP) is 16.4. The molecule has 276 valence electrons. The van der Waals surface area contributed by atoms with E-state index in [1.807, 2.05) is 0 Å². The van der Waals surface area contributed by atoms with E-state index >= 15 is 0 Å². The van der Waals surface area contributed by atoms with Crippen molar-refractivity contribution in [2.45, 2.75) is 0 Å².